The molecule has 0 heteroatoms. The van der Waals surface area contributed by atoms with Crippen molar-refractivity contribution in [3.63, 3.8) is 0 Å². The van der Waals surface area contributed by atoms with Crippen molar-refractivity contribution in [2.75, 3.05) is 0 Å². The van der Waals surface area contributed by atoms with E-state index in [0.717, 1.165) is 47.8 Å². The predicted molar refractivity (Wildman–Crippen MR) is 176 cm³/mol. The maximum atomic E-state index is 3.89. The Kier molecular flexibility index (Phi) is 21.7. The van der Waals surface area contributed by atoms with Gasteiger partial charge in [0, 0.05) is 0 Å². The number of allylic oxidation sites excluding steroid dienone is 9. The molecular weight excluding hydrogens is 456 g/mol. The molecule has 0 fully saturated rings. The normalized spacial score (nSPS) is 19.3. The van der Waals surface area contributed by atoms with Crippen LogP contribution in [0.4, 0.5) is 0 Å². The topological polar surface area (TPSA) is 0 Å². The van der Waals surface area contributed by atoms with Gasteiger partial charge in [-0.15, -0.1) is 6.58 Å². The summed E-state index contributed by atoms with van der Waals surface area (Å²) in [6.45, 7) is 27.7. The van der Waals surface area contributed by atoms with Crippen molar-refractivity contribution >= 4 is 0 Å². The Morgan fingerprint density at radius 1 is 0.447 bits per heavy atom. The maximum Gasteiger partial charge on any atom is -0.0234 e. The van der Waals surface area contributed by atoms with Gasteiger partial charge in [0.25, 0.3) is 0 Å². The van der Waals surface area contributed by atoms with E-state index in [0.29, 0.717) is 11.8 Å². The zero-order chi connectivity index (χ0) is 28.9. The van der Waals surface area contributed by atoms with Crippen molar-refractivity contribution < 1.29 is 0 Å². The van der Waals surface area contributed by atoms with Gasteiger partial charge in [0.2, 0.25) is 0 Å². The first-order valence-electron chi connectivity index (χ1n) is 16.3. The molecule has 8 unspecified atom stereocenters. The summed E-state index contributed by atoms with van der Waals surface area (Å²) in [6, 6.07) is 0. The maximum absolute atomic E-state index is 3.89. The fourth-order valence-electron chi connectivity index (χ4n) is 5.13. The number of unbranched alkanes of at least 4 members (excludes halogenated alkanes) is 4. The van der Waals surface area contributed by atoms with Gasteiger partial charge in [-0.3, -0.25) is 0 Å². The smallest absolute Gasteiger partial charge is 0.0234 e. The van der Waals surface area contributed by atoms with Crippen LogP contribution in [-0.4, -0.2) is 0 Å². The van der Waals surface area contributed by atoms with Gasteiger partial charge in [-0.25, -0.2) is 0 Å². The van der Waals surface area contributed by atoms with E-state index in [1.165, 1.54) is 51.4 Å². The SMILES string of the molecule is C=CCC(C)C(C)C(C)C/C=C/CCC/C=C/C(C)C(C)C(C)C/C=C/CCC/C=C/C(C)C(C)C(C)C. The molecule has 0 radical (unpaired) electrons. The third-order valence-electron chi connectivity index (χ3n) is 9.65. The van der Waals surface area contributed by atoms with Gasteiger partial charge in [-0.1, -0.05) is 124 Å². The van der Waals surface area contributed by atoms with E-state index < -0.39 is 0 Å². The molecule has 0 aromatic carbocycles. The molecule has 0 heterocycles. The molecule has 0 N–H and O–H groups in total. The second kappa shape index (κ2) is 22.5. The monoisotopic (exact) mass is 525 g/mol. The van der Waals surface area contributed by atoms with E-state index in [1.807, 2.05) is 0 Å². The minimum absolute atomic E-state index is 0.647. The molecule has 0 aliphatic carbocycles. The lowest BCUT2D eigenvalue weighted by atomic mass is 9.81. The van der Waals surface area contributed by atoms with Gasteiger partial charge in [0.05, 0.1) is 0 Å². The second-order valence-electron chi connectivity index (χ2n) is 13.1. The van der Waals surface area contributed by atoms with Crippen LogP contribution in [0, 0.1) is 53.3 Å². The van der Waals surface area contributed by atoms with E-state index >= 15 is 0 Å². The summed E-state index contributed by atoms with van der Waals surface area (Å²) < 4.78 is 0. The first kappa shape index (κ1) is 36.7. The van der Waals surface area contributed by atoms with Crippen molar-refractivity contribution in [3.05, 3.63) is 61.3 Å². The minimum Gasteiger partial charge on any atom is -0.103 e. The molecule has 0 aromatic rings. The molecule has 38 heavy (non-hydrogen) atoms. The Morgan fingerprint density at radius 2 is 0.842 bits per heavy atom. The zero-order valence-electron chi connectivity index (χ0n) is 27.5. The highest BCUT2D eigenvalue weighted by Gasteiger charge is 2.17. The van der Waals surface area contributed by atoms with Crippen LogP contribution >= 0.6 is 0 Å². The lowest BCUT2D eigenvalue weighted by molar-refractivity contribution is 0.282. The van der Waals surface area contributed by atoms with Crippen molar-refractivity contribution in [1.29, 1.82) is 0 Å². The second-order valence-corrected chi connectivity index (χ2v) is 13.1. The molecular formula is C38H68. The molecule has 0 saturated heterocycles. The molecule has 0 aliphatic rings. The Labute approximate surface area is 241 Å². The quantitative estimate of drug-likeness (QED) is 0.0975. The third-order valence-corrected chi connectivity index (χ3v) is 9.65. The number of rotatable bonds is 22. The lowest BCUT2D eigenvalue weighted by Crippen LogP contribution is -2.15. The number of hydrogen-bond donors (Lipinski definition) is 0. The van der Waals surface area contributed by atoms with E-state index in [1.54, 1.807) is 0 Å². The Bertz CT molecular complexity index is 674. The standard InChI is InChI=1S/C38H68/c1-12-25-31(4)37(10)33(6)27-22-18-15-16-20-24-29-35(8)38(11)34(7)28-23-19-14-13-17-21-26-32(5)36(9)30(2)3/h12,18-19,21-24,26,29-38H,1,13-17,20,25,27-28H2,2-11H3/b22-18+,23-19+,26-21+,29-24+. The highest BCUT2D eigenvalue weighted by atomic mass is 14.2. The molecule has 0 amide bonds. The average Bonchev–Trinajstić information content (AvgIpc) is 2.89. The van der Waals surface area contributed by atoms with Crippen LogP contribution in [0.5, 0.6) is 0 Å². The first-order chi connectivity index (χ1) is 18.0. The molecule has 0 rings (SSSR count). The molecule has 0 aliphatic heterocycles. The average molecular weight is 525 g/mol. The Hall–Kier alpha value is -1.30. The van der Waals surface area contributed by atoms with Crippen LogP contribution in [0.3, 0.4) is 0 Å². The summed E-state index contributed by atoms with van der Waals surface area (Å²) in [6.07, 6.45) is 32.3. The van der Waals surface area contributed by atoms with Crippen molar-refractivity contribution in [2.24, 2.45) is 53.3 Å². The highest BCUT2D eigenvalue weighted by Crippen LogP contribution is 2.27. The van der Waals surface area contributed by atoms with Crippen LogP contribution in [-0.2, 0) is 0 Å². The summed E-state index contributed by atoms with van der Waals surface area (Å²) in [5.74, 6) is 6.53. The highest BCUT2D eigenvalue weighted by molar-refractivity contribution is 4.94. The van der Waals surface area contributed by atoms with Crippen molar-refractivity contribution in [3.8, 4) is 0 Å². The van der Waals surface area contributed by atoms with Crippen LogP contribution in [0.15, 0.2) is 61.3 Å². The Morgan fingerprint density at radius 3 is 1.29 bits per heavy atom. The van der Waals surface area contributed by atoms with Gasteiger partial charge in [-0.2, -0.15) is 0 Å². The van der Waals surface area contributed by atoms with Crippen LogP contribution in [0.2, 0.25) is 0 Å². The van der Waals surface area contributed by atoms with E-state index in [9.17, 15) is 0 Å². The van der Waals surface area contributed by atoms with Gasteiger partial charge in [-0.05, 0) is 111 Å². The predicted octanol–water partition coefficient (Wildman–Crippen LogP) is 12.7. The molecule has 0 bridgehead atoms. The summed E-state index contributed by atoms with van der Waals surface area (Å²) in [7, 11) is 0. The zero-order valence-corrected chi connectivity index (χ0v) is 27.5. The van der Waals surface area contributed by atoms with Gasteiger partial charge >= 0.3 is 0 Å². The van der Waals surface area contributed by atoms with Gasteiger partial charge < -0.3 is 0 Å². The van der Waals surface area contributed by atoms with E-state index in [4.69, 9.17) is 0 Å². The number of hydrogen-bond acceptors (Lipinski definition) is 0. The van der Waals surface area contributed by atoms with Gasteiger partial charge in [0.15, 0.2) is 0 Å². The van der Waals surface area contributed by atoms with Crippen molar-refractivity contribution in [1.82, 2.24) is 0 Å². The summed E-state index contributed by atoms with van der Waals surface area (Å²) in [5.41, 5.74) is 0. The summed E-state index contributed by atoms with van der Waals surface area (Å²) >= 11 is 0. The Balaban J connectivity index is 4.07. The van der Waals surface area contributed by atoms with Crippen LogP contribution < -0.4 is 0 Å². The molecule has 8 atom stereocenters. The fraction of sp³-hybridized carbons (Fsp3) is 0.737. The fourth-order valence-corrected chi connectivity index (χ4v) is 5.13. The molecule has 0 spiro atoms. The molecule has 0 nitrogen and oxygen atoms in total. The summed E-state index contributed by atoms with van der Waals surface area (Å²) in [5, 5.41) is 0. The van der Waals surface area contributed by atoms with E-state index in [2.05, 4.69) is 131 Å². The largest absolute Gasteiger partial charge is 0.103 e. The van der Waals surface area contributed by atoms with Crippen molar-refractivity contribution in [2.45, 2.75) is 127 Å². The van der Waals surface area contributed by atoms with Crippen LogP contribution in [0.1, 0.15) is 127 Å². The van der Waals surface area contributed by atoms with Gasteiger partial charge in [0.1, 0.15) is 0 Å². The molecule has 0 saturated carbocycles. The third kappa shape index (κ3) is 17.3. The first-order valence-corrected chi connectivity index (χ1v) is 16.3. The lowest BCUT2D eigenvalue weighted by Gasteiger charge is -2.24. The van der Waals surface area contributed by atoms with E-state index in [-0.39, 0.29) is 0 Å². The summed E-state index contributed by atoms with van der Waals surface area (Å²) in [4.78, 5) is 0. The minimum atomic E-state index is 0.647. The molecule has 0 aromatic heterocycles. The molecule has 220 valence electrons. The van der Waals surface area contributed by atoms with Crippen LogP contribution in [0.25, 0.3) is 0 Å².